The van der Waals surface area contributed by atoms with Gasteiger partial charge in [-0.15, -0.1) is 0 Å². The molecule has 2 atom stereocenters. The van der Waals surface area contributed by atoms with E-state index < -0.39 is 11.9 Å². The average Bonchev–Trinajstić information content (AvgIpc) is 3.47. The molecule has 35 heavy (non-hydrogen) atoms. The molecule has 4 aromatic rings. The lowest BCUT2D eigenvalue weighted by Crippen LogP contribution is -2.40. The average molecular weight is 480 g/mol. The van der Waals surface area contributed by atoms with E-state index in [0.29, 0.717) is 30.0 Å². The van der Waals surface area contributed by atoms with E-state index in [1.165, 1.54) is 6.20 Å². The Morgan fingerprint density at radius 3 is 2.80 bits per heavy atom. The van der Waals surface area contributed by atoms with Gasteiger partial charge in [0.1, 0.15) is 0 Å². The van der Waals surface area contributed by atoms with E-state index in [2.05, 4.69) is 35.7 Å². The van der Waals surface area contributed by atoms with Crippen LogP contribution in [-0.2, 0) is 19.0 Å². The Morgan fingerprint density at radius 2 is 2.00 bits per heavy atom. The maximum Gasteiger partial charge on any atom is 0.435 e. The smallest absolute Gasteiger partial charge is 0.351 e. The van der Waals surface area contributed by atoms with Gasteiger partial charge < -0.3 is 5.32 Å². The van der Waals surface area contributed by atoms with Crippen LogP contribution in [0.5, 0.6) is 0 Å². The molecule has 0 saturated carbocycles. The van der Waals surface area contributed by atoms with Crippen LogP contribution in [0.15, 0.2) is 34.5 Å². The molecule has 0 radical (unpaired) electrons. The second-order valence-electron chi connectivity index (χ2n) is 9.29. The number of alkyl halides is 3. The molecular weight excluding hydrogens is 457 g/mol. The number of nitrogens with one attached hydrogen (secondary N) is 3. The Hall–Kier alpha value is -3.76. The summed E-state index contributed by atoms with van der Waals surface area (Å²) in [5.41, 5.74) is 3.60. The number of pyridine rings is 1. The van der Waals surface area contributed by atoms with Crippen molar-refractivity contribution >= 4 is 33.5 Å². The number of nitrogens with zero attached hydrogens (tertiary/aromatic N) is 5. The Bertz CT molecular complexity index is 1510. The zero-order chi connectivity index (χ0) is 24.3. The molecule has 4 heterocycles. The summed E-state index contributed by atoms with van der Waals surface area (Å²) in [5, 5.41) is 18.3. The first-order valence-electron chi connectivity index (χ1n) is 11.6. The van der Waals surface area contributed by atoms with Crippen molar-refractivity contribution in [1.82, 2.24) is 30.7 Å². The lowest BCUT2D eigenvalue weighted by atomic mass is 9.83. The minimum Gasteiger partial charge on any atom is -0.351 e. The molecule has 0 saturated heterocycles. The molecule has 0 spiro atoms. The second kappa shape index (κ2) is 7.89. The molecule has 2 unspecified atom stereocenters. The fraction of sp³-hybridized carbons (Fsp3) is 0.375. The van der Waals surface area contributed by atoms with Crippen LogP contribution < -0.4 is 5.32 Å². The van der Waals surface area contributed by atoms with Gasteiger partial charge in [-0.2, -0.15) is 23.4 Å². The van der Waals surface area contributed by atoms with E-state index in [1.54, 1.807) is 6.20 Å². The number of benzene rings is 1. The zero-order valence-electron chi connectivity index (χ0n) is 19.2. The lowest BCUT2D eigenvalue weighted by Gasteiger charge is -2.29. The summed E-state index contributed by atoms with van der Waals surface area (Å²) in [7, 11) is 0. The molecule has 6 rings (SSSR count). The molecule has 1 aliphatic heterocycles. The first kappa shape index (κ1) is 21.8. The minimum atomic E-state index is -4.60. The highest BCUT2D eigenvalue weighted by Crippen LogP contribution is 2.41. The van der Waals surface area contributed by atoms with Crippen LogP contribution in [0.1, 0.15) is 43.5 Å². The number of aromatic nitrogens is 5. The number of aryl methyl sites for hydroxylation is 1. The van der Waals surface area contributed by atoms with E-state index in [9.17, 15) is 13.2 Å². The first-order chi connectivity index (χ1) is 16.8. The normalized spacial score (nSPS) is 20.6. The summed E-state index contributed by atoms with van der Waals surface area (Å²) in [6.07, 6.45) is 1.21. The van der Waals surface area contributed by atoms with Gasteiger partial charge in [-0.1, -0.05) is 0 Å². The molecule has 8 nitrogen and oxygen atoms in total. The number of halogens is 3. The number of aromatic amines is 2. The Labute approximate surface area is 198 Å². The molecule has 11 heteroatoms. The van der Waals surface area contributed by atoms with Crippen molar-refractivity contribution in [2.75, 3.05) is 0 Å². The SMILES string of the molecule is CC1=NC(NC2CCc3c(c(-c4c[nH]nc4C(F)(F)F)nc4ccc5[nH]ncc5c34)C2)=NC(C)C1. The molecule has 3 aromatic heterocycles. The molecule has 0 amide bonds. The largest absolute Gasteiger partial charge is 0.435 e. The van der Waals surface area contributed by atoms with Crippen LogP contribution in [0.3, 0.4) is 0 Å². The van der Waals surface area contributed by atoms with Gasteiger partial charge in [0.05, 0.1) is 34.5 Å². The Kier molecular flexibility index (Phi) is 4.90. The first-order valence-corrected chi connectivity index (χ1v) is 11.6. The molecule has 0 fully saturated rings. The zero-order valence-corrected chi connectivity index (χ0v) is 19.2. The van der Waals surface area contributed by atoms with Crippen LogP contribution in [0, 0.1) is 0 Å². The topological polar surface area (TPSA) is 107 Å². The fourth-order valence-electron chi connectivity index (χ4n) is 5.28. The summed E-state index contributed by atoms with van der Waals surface area (Å²) < 4.78 is 41.3. The van der Waals surface area contributed by atoms with Gasteiger partial charge in [0.2, 0.25) is 5.96 Å². The van der Waals surface area contributed by atoms with Crippen LogP contribution in [0.4, 0.5) is 13.2 Å². The highest BCUT2D eigenvalue weighted by atomic mass is 19.4. The quantitative estimate of drug-likeness (QED) is 0.391. The lowest BCUT2D eigenvalue weighted by molar-refractivity contribution is -0.140. The monoisotopic (exact) mass is 480 g/mol. The van der Waals surface area contributed by atoms with Gasteiger partial charge in [-0.25, -0.2) is 15.0 Å². The minimum absolute atomic E-state index is 0.0362. The Morgan fingerprint density at radius 1 is 1.14 bits per heavy atom. The number of hydrogen-bond donors (Lipinski definition) is 3. The van der Waals surface area contributed by atoms with Crippen molar-refractivity contribution in [3.63, 3.8) is 0 Å². The van der Waals surface area contributed by atoms with E-state index >= 15 is 0 Å². The number of fused-ring (bicyclic) bond motifs is 5. The Balaban J connectivity index is 1.51. The maximum atomic E-state index is 13.8. The third-order valence-corrected chi connectivity index (χ3v) is 6.71. The summed E-state index contributed by atoms with van der Waals surface area (Å²) >= 11 is 0. The highest BCUT2D eigenvalue weighted by molar-refractivity contribution is 6.08. The van der Waals surface area contributed by atoms with Crippen LogP contribution in [-0.4, -0.2) is 49.1 Å². The molecule has 3 N–H and O–H groups in total. The number of guanidine groups is 1. The summed E-state index contributed by atoms with van der Waals surface area (Å²) in [6, 6.07) is 3.78. The van der Waals surface area contributed by atoms with Crippen molar-refractivity contribution in [2.24, 2.45) is 9.98 Å². The van der Waals surface area contributed by atoms with Crippen LogP contribution >= 0.6 is 0 Å². The maximum absolute atomic E-state index is 13.8. The third-order valence-electron chi connectivity index (χ3n) is 6.71. The van der Waals surface area contributed by atoms with Gasteiger partial charge in [-0.05, 0) is 56.4 Å². The van der Waals surface area contributed by atoms with Crippen molar-refractivity contribution in [3.05, 3.63) is 41.3 Å². The molecule has 0 bridgehead atoms. The highest BCUT2D eigenvalue weighted by Gasteiger charge is 2.38. The van der Waals surface area contributed by atoms with E-state index in [-0.39, 0.29) is 17.6 Å². The predicted molar refractivity (Wildman–Crippen MR) is 128 cm³/mol. The number of hydrogen-bond acceptors (Lipinski definition) is 6. The molecule has 2 aliphatic rings. The molecular formula is C24H23F3N8. The number of aliphatic imine (C=N–C) groups is 2. The number of H-pyrrole nitrogens is 2. The van der Waals surface area contributed by atoms with Crippen LogP contribution in [0.2, 0.25) is 0 Å². The standard InChI is InChI=1S/C24H23F3N8/c1-11-7-12(2)31-23(30-11)32-13-3-4-14-15(8-13)21(17-10-29-35-22(17)24(25,26)27)33-19-6-5-18-16(20(14)19)9-28-34-18/h5-6,9-11,13H,3-4,7-8H2,1-2H3,(H,28,34)(H,29,35)(H,30,32). The molecule has 1 aliphatic carbocycles. The van der Waals surface area contributed by atoms with E-state index in [4.69, 9.17) is 4.98 Å². The summed E-state index contributed by atoms with van der Waals surface area (Å²) in [4.78, 5) is 13.9. The van der Waals surface area contributed by atoms with E-state index in [1.807, 2.05) is 26.0 Å². The molecule has 180 valence electrons. The molecule has 1 aromatic carbocycles. The predicted octanol–water partition coefficient (Wildman–Crippen LogP) is 4.58. The van der Waals surface area contributed by atoms with Gasteiger partial charge >= 0.3 is 6.18 Å². The summed E-state index contributed by atoms with van der Waals surface area (Å²) in [6.45, 7) is 4.02. The van der Waals surface area contributed by atoms with Gasteiger partial charge in [0, 0.05) is 35.1 Å². The van der Waals surface area contributed by atoms with Crippen LogP contribution in [0.25, 0.3) is 33.1 Å². The van der Waals surface area contributed by atoms with Crippen molar-refractivity contribution in [2.45, 2.75) is 57.8 Å². The van der Waals surface area contributed by atoms with Gasteiger partial charge in [0.15, 0.2) is 5.69 Å². The fourth-order valence-corrected chi connectivity index (χ4v) is 5.28. The second-order valence-corrected chi connectivity index (χ2v) is 9.29. The van der Waals surface area contributed by atoms with Crippen molar-refractivity contribution in [1.29, 1.82) is 0 Å². The third kappa shape index (κ3) is 3.75. The van der Waals surface area contributed by atoms with E-state index in [0.717, 1.165) is 46.0 Å². The van der Waals surface area contributed by atoms with Crippen molar-refractivity contribution in [3.8, 4) is 11.3 Å². The van der Waals surface area contributed by atoms with Crippen molar-refractivity contribution < 1.29 is 13.2 Å². The summed E-state index contributed by atoms with van der Waals surface area (Å²) in [5.74, 6) is 0.585. The number of rotatable bonds is 2. The van der Waals surface area contributed by atoms with Gasteiger partial charge in [-0.3, -0.25) is 10.2 Å². The van der Waals surface area contributed by atoms with Gasteiger partial charge in [0.25, 0.3) is 0 Å².